The summed E-state index contributed by atoms with van der Waals surface area (Å²) in [4.78, 5) is 11.2. The average molecular weight is 279 g/mol. The summed E-state index contributed by atoms with van der Waals surface area (Å²) in [6, 6.07) is 6.84. The van der Waals surface area contributed by atoms with Gasteiger partial charge in [0.2, 0.25) is 0 Å². The van der Waals surface area contributed by atoms with Crippen molar-refractivity contribution < 1.29 is 15.0 Å². The highest BCUT2D eigenvalue weighted by atomic mass is 16.4. The van der Waals surface area contributed by atoms with Crippen molar-refractivity contribution in [2.45, 2.75) is 58.0 Å². The lowest BCUT2D eigenvalue weighted by Gasteiger charge is -2.20. The molecule has 0 fully saturated rings. The Morgan fingerprint density at radius 3 is 2.45 bits per heavy atom. The van der Waals surface area contributed by atoms with Gasteiger partial charge >= 0.3 is 5.97 Å². The van der Waals surface area contributed by atoms with E-state index in [2.05, 4.69) is 12.2 Å². The van der Waals surface area contributed by atoms with E-state index in [1.54, 1.807) is 12.1 Å². The maximum atomic E-state index is 11.2. The number of aryl methyl sites for hydroxylation is 1. The van der Waals surface area contributed by atoms with E-state index in [0.717, 1.165) is 31.2 Å². The highest BCUT2D eigenvalue weighted by Crippen LogP contribution is 2.12. The predicted octanol–water partition coefficient (Wildman–Crippen LogP) is 2.95. The van der Waals surface area contributed by atoms with E-state index in [1.807, 2.05) is 19.1 Å². The molecule has 0 radical (unpaired) electrons. The first-order valence-electron chi connectivity index (χ1n) is 7.29. The Labute approximate surface area is 120 Å². The molecule has 0 saturated carbocycles. The second-order valence-corrected chi connectivity index (χ2v) is 5.31. The molecule has 0 aliphatic carbocycles. The molecule has 0 amide bonds. The predicted molar refractivity (Wildman–Crippen MR) is 80.0 cm³/mol. The summed E-state index contributed by atoms with van der Waals surface area (Å²) < 4.78 is 0. The van der Waals surface area contributed by atoms with Crippen LogP contribution in [0.4, 0.5) is 0 Å². The van der Waals surface area contributed by atoms with Gasteiger partial charge in [0, 0.05) is 6.04 Å². The van der Waals surface area contributed by atoms with E-state index in [-0.39, 0.29) is 11.8 Å². The molecule has 4 nitrogen and oxygen atoms in total. The van der Waals surface area contributed by atoms with Gasteiger partial charge in [0.05, 0.1) is 0 Å². The van der Waals surface area contributed by atoms with Crippen LogP contribution < -0.4 is 5.32 Å². The van der Waals surface area contributed by atoms with Gasteiger partial charge in [-0.1, -0.05) is 31.9 Å². The second-order valence-electron chi connectivity index (χ2n) is 5.31. The van der Waals surface area contributed by atoms with Crippen LogP contribution in [0.3, 0.4) is 0 Å². The molecule has 0 aliphatic rings. The molecule has 0 spiro atoms. The number of phenolic OH excluding ortho intramolecular Hbond substituents is 1. The van der Waals surface area contributed by atoms with Crippen LogP contribution in [0.5, 0.6) is 5.75 Å². The van der Waals surface area contributed by atoms with Gasteiger partial charge in [-0.3, -0.25) is 4.79 Å². The van der Waals surface area contributed by atoms with Gasteiger partial charge in [0.1, 0.15) is 11.8 Å². The zero-order chi connectivity index (χ0) is 15.0. The Kier molecular flexibility index (Phi) is 7.09. The number of carbonyl (C=O) groups is 1. The van der Waals surface area contributed by atoms with E-state index < -0.39 is 12.0 Å². The van der Waals surface area contributed by atoms with Crippen molar-refractivity contribution in [1.82, 2.24) is 5.32 Å². The lowest BCUT2D eigenvalue weighted by Crippen LogP contribution is -2.42. The van der Waals surface area contributed by atoms with E-state index in [4.69, 9.17) is 0 Å². The number of carboxylic acids is 1. The van der Waals surface area contributed by atoms with Crippen LogP contribution in [-0.4, -0.2) is 28.3 Å². The number of aliphatic carboxylic acids is 1. The zero-order valence-corrected chi connectivity index (χ0v) is 12.3. The third-order valence-corrected chi connectivity index (χ3v) is 3.43. The molecule has 112 valence electrons. The van der Waals surface area contributed by atoms with Crippen molar-refractivity contribution in [3.63, 3.8) is 0 Å². The molecule has 0 bridgehead atoms. The van der Waals surface area contributed by atoms with E-state index >= 15 is 0 Å². The van der Waals surface area contributed by atoms with Gasteiger partial charge < -0.3 is 15.5 Å². The van der Waals surface area contributed by atoms with Crippen LogP contribution in [0.15, 0.2) is 24.3 Å². The van der Waals surface area contributed by atoms with Gasteiger partial charge in [0.15, 0.2) is 0 Å². The van der Waals surface area contributed by atoms with Crippen molar-refractivity contribution in [2.24, 2.45) is 0 Å². The molecule has 0 saturated heterocycles. The van der Waals surface area contributed by atoms with Crippen molar-refractivity contribution in [3.8, 4) is 5.75 Å². The summed E-state index contributed by atoms with van der Waals surface area (Å²) in [7, 11) is 0. The fraction of sp³-hybridized carbons (Fsp3) is 0.562. The standard InChI is InChI=1S/C16H25NO3/c1-3-4-5-15(16(19)20)17-12(2)6-7-13-8-10-14(18)11-9-13/h8-12,15,17-18H,3-7H2,1-2H3,(H,19,20). The number of hydrogen-bond donors (Lipinski definition) is 3. The molecule has 0 aliphatic heterocycles. The summed E-state index contributed by atoms with van der Waals surface area (Å²) in [5, 5.41) is 21.6. The molecule has 20 heavy (non-hydrogen) atoms. The largest absolute Gasteiger partial charge is 0.508 e. The van der Waals surface area contributed by atoms with Crippen LogP contribution in [0.25, 0.3) is 0 Å². The van der Waals surface area contributed by atoms with Crippen LogP contribution >= 0.6 is 0 Å². The quantitative estimate of drug-likeness (QED) is 0.650. The van der Waals surface area contributed by atoms with Gasteiger partial charge in [0.25, 0.3) is 0 Å². The summed E-state index contributed by atoms with van der Waals surface area (Å²) in [6.45, 7) is 4.08. The highest BCUT2D eigenvalue weighted by Gasteiger charge is 2.18. The molecule has 4 heteroatoms. The Morgan fingerprint density at radius 2 is 1.90 bits per heavy atom. The van der Waals surface area contributed by atoms with E-state index in [1.165, 1.54) is 0 Å². The first-order chi connectivity index (χ1) is 9.52. The molecular formula is C16H25NO3. The molecule has 3 N–H and O–H groups in total. The number of hydrogen-bond acceptors (Lipinski definition) is 3. The fourth-order valence-electron chi connectivity index (χ4n) is 2.16. The molecule has 2 unspecified atom stereocenters. The molecule has 0 heterocycles. The number of nitrogens with one attached hydrogen (secondary N) is 1. The Bertz CT molecular complexity index is 403. The minimum absolute atomic E-state index is 0.154. The topological polar surface area (TPSA) is 69.6 Å². The average Bonchev–Trinajstić information content (AvgIpc) is 2.42. The van der Waals surface area contributed by atoms with Crippen LogP contribution in [-0.2, 0) is 11.2 Å². The third kappa shape index (κ3) is 6.06. The number of aromatic hydroxyl groups is 1. The molecule has 0 aromatic heterocycles. The second kappa shape index (κ2) is 8.59. The monoisotopic (exact) mass is 279 g/mol. The first-order valence-corrected chi connectivity index (χ1v) is 7.29. The van der Waals surface area contributed by atoms with E-state index in [9.17, 15) is 15.0 Å². The molecular weight excluding hydrogens is 254 g/mol. The maximum Gasteiger partial charge on any atom is 0.320 e. The molecule has 1 aromatic carbocycles. The smallest absolute Gasteiger partial charge is 0.320 e. The lowest BCUT2D eigenvalue weighted by atomic mass is 10.0. The SMILES string of the molecule is CCCCC(NC(C)CCc1ccc(O)cc1)C(=O)O. The minimum atomic E-state index is -0.769. The lowest BCUT2D eigenvalue weighted by molar-refractivity contribution is -0.139. The summed E-state index contributed by atoms with van der Waals surface area (Å²) in [5.74, 6) is -0.500. The number of phenols is 1. The summed E-state index contributed by atoms with van der Waals surface area (Å²) >= 11 is 0. The number of benzene rings is 1. The fourth-order valence-corrected chi connectivity index (χ4v) is 2.16. The maximum absolute atomic E-state index is 11.2. The zero-order valence-electron chi connectivity index (χ0n) is 12.3. The molecule has 2 atom stereocenters. The van der Waals surface area contributed by atoms with Gasteiger partial charge in [-0.05, 0) is 43.9 Å². The van der Waals surface area contributed by atoms with Gasteiger partial charge in [-0.25, -0.2) is 0 Å². The van der Waals surface area contributed by atoms with Gasteiger partial charge in [-0.2, -0.15) is 0 Å². The molecule has 1 rings (SSSR count). The Balaban J connectivity index is 2.39. The molecule has 1 aromatic rings. The number of carboxylic acid groups (broad SMARTS) is 1. The van der Waals surface area contributed by atoms with E-state index in [0.29, 0.717) is 6.42 Å². The summed E-state index contributed by atoms with van der Waals surface area (Å²) in [6.07, 6.45) is 4.35. The van der Waals surface area contributed by atoms with Crippen molar-refractivity contribution in [2.75, 3.05) is 0 Å². The Hall–Kier alpha value is -1.55. The number of rotatable bonds is 9. The Morgan fingerprint density at radius 1 is 1.25 bits per heavy atom. The van der Waals surface area contributed by atoms with Crippen molar-refractivity contribution in [3.05, 3.63) is 29.8 Å². The first kappa shape index (κ1) is 16.5. The number of unbranched alkanes of at least 4 members (excludes halogenated alkanes) is 1. The van der Waals surface area contributed by atoms with Crippen LogP contribution in [0.1, 0.15) is 45.1 Å². The normalized spacial score (nSPS) is 13.9. The van der Waals surface area contributed by atoms with Crippen LogP contribution in [0, 0.1) is 0 Å². The van der Waals surface area contributed by atoms with Crippen molar-refractivity contribution in [1.29, 1.82) is 0 Å². The minimum Gasteiger partial charge on any atom is -0.508 e. The third-order valence-electron chi connectivity index (χ3n) is 3.43. The van der Waals surface area contributed by atoms with Gasteiger partial charge in [-0.15, -0.1) is 0 Å². The van der Waals surface area contributed by atoms with Crippen LogP contribution in [0.2, 0.25) is 0 Å². The highest BCUT2D eigenvalue weighted by molar-refractivity contribution is 5.73. The van der Waals surface area contributed by atoms with Crippen molar-refractivity contribution >= 4 is 5.97 Å². The summed E-state index contributed by atoms with van der Waals surface area (Å²) in [5.41, 5.74) is 1.15.